The Morgan fingerprint density at radius 2 is 1.49 bits per heavy atom. The van der Waals surface area contributed by atoms with Crippen LogP contribution in [0.25, 0.3) is 0 Å². The Hall–Kier alpha value is -5.12. The van der Waals surface area contributed by atoms with Crippen molar-refractivity contribution in [1.29, 1.82) is 5.26 Å². The number of rotatable bonds is 10. The molecule has 1 unspecified atom stereocenters. The number of hydrogen-bond acceptors (Lipinski definition) is 9. The molecule has 4 amide bonds. The van der Waals surface area contributed by atoms with Crippen molar-refractivity contribution in [2.45, 2.75) is 71.6 Å². The molecule has 3 aliphatic heterocycles. The van der Waals surface area contributed by atoms with Crippen molar-refractivity contribution in [2.24, 2.45) is 16.7 Å². The molecule has 3 saturated heterocycles. The van der Waals surface area contributed by atoms with Crippen LogP contribution in [0.15, 0.2) is 66.7 Å². The highest BCUT2D eigenvalue weighted by Crippen LogP contribution is 2.55. The van der Waals surface area contributed by atoms with Gasteiger partial charge < -0.3 is 25.2 Å². The van der Waals surface area contributed by atoms with Crippen LogP contribution >= 0.6 is 11.6 Å². The zero-order valence-corrected chi connectivity index (χ0v) is 33.9. The number of carbonyl (C=O) groups is 4. The fourth-order valence-corrected chi connectivity index (χ4v) is 9.69. The average Bonchev–Trinajstić information content (AvgIpc) is 3.20. The van der Waals surface area contributed by atoms with Gasteiger partial charge in [0.2, 0.25) is 11.8 Å². The fraction of sp³-hybridized carbons (Fsp3) is 0.477. The van der Waals surface area contributed by atoms with Crippen LogP contribution in [-0.4, -0.2) is 92.5 Å². The van der Waals surface area contributed by atoms with Crippen LogP contribution < -0.4 is 30.5 Å². The van der Waals surface area contributed by atoms with E-state index in [0.29, 0.717) is 39.8 Å². The van der Waals surface area contributed by atoms with Crippen LogP contribution in [0.3, 0.4) is 0 Å². The Labute approximate surface area is 339 Å². The third-order valence-electron chi connectivity index (χ3n) is 12.4. The molecule has 13 heteroatoms. The lowest BCUT2D eigenvalue weighted by molar-refractivity contribution is -0.164. The summed E-state index contributed by atoms with van der Waals surface area (Å²) in [4.78, 5) is 57.3. The Morgan fingerprint density at radius 1 is 0.825 bits per heavy atom. The largest absolute Gasteiger partial charge is 0.489 e. The van der Waals surface area contributed by atoms with Gasteiger partial charge in [-0.05, 0) is 79.8 Å². The first kappa shape index (κ1) is 40.1. The molecule has 0 spiro atoms. The van der Waals surface area contributed by atoms with E-state index in [9.17, 15) is 24.4 Å². The highest BCUT2D eigenvalue weighted by Gasteiger charge is 2.64. The number of imide groups is 1. The number of halogens is 1. The van der Waals surface area contributed by atoms with E-state index >= 15 is 0 Å². The van der Waals surface area contributed by atoms with Gasteiger partial charge in [-0.1, -0.05) is 45.4 Å². The maximum atomic E-state index is 13.5. The normalized spacial score (nSPS) is 23.5. The second-order valence-electron chi connectivity index (χ2n) is 17.1. The lowest BCUT2D eigenvalue weighted by Gasteiger charge is -2.63. The summed E-state index contributed by atoms with van der Waals surface area (Å²) in [5.41, 5.74) is 2.97. The molecular formula is C44H52ClN7O5. The van der Waals surface area contributed by atoms with Crippen molar-refractivity contribution in [2.75, 3.05) is 55.6 Å². The average molecular weight is 794 g/mol. The van der Waals surface area contributed by atoms with Crippen molar-refractivity contribution in [1.82, 2.24) is 20.9 Å². The molecule has 1 atom stereocenters. The Bertz CT molecular complexity index is 2030. The summed E-state index contributed by atoms with van der Waals surface area (Å²) in [6, 6.07) is 21.8. The summed E-state index contributed by atoms with van der Waals surface area (Å²) in [6.07, 6.45) is 2.57. The molecule has 0 aromatic heterocycles. The molecule has 0 radical (unpaired) electrons. The molecule has 0 bridgehead atoms. The molecule has 3 heterocycles. The third kappa shape index (κ3) is 8.60. The predicted octanol–water partition coefficient (Wildman–Crippen LogP) is 5.40. The number of anilines is 2. The number of benzene rings is 3. The molecule has 3 N–H and O–H groups in total. The number of amides is 4. The summed E-state index contributed by atoms with van der Waals surface area (Å²) in [7, 11) is 0. The van der Waals surface area contributed by atoms with Gasteiger partial charge in [0.1, 0.15) is 24.0 Å². The van der Waals surface area contributed by atoms with Crippen LogP contribution in [0.1, 0.15) is 79.7 Å². The zero-order valence-electron chi connectivity index (χ0n) is 33.1. The van der Waals surface area contributed by atoms with Gasteiger partial charge in [0, 0.05) is 97.7 Å². The minimum absolute atomic E-state index is 0.102. The lowest BCUT2D eigenvalue weighted by Crippen LogP contribution is -2.74. The first-order valence-corrected chi connectivity index (χ1v) is 20.3. The van der Waals surface area contributed by atoms with Gasteiger partial charge in [0.05, 0.1) is 10.6 Å². The molecular weight excluding hydrogens is 742 g/mol. The van der Waals surface area contributed by atoms with E-state index in [1.165, 1.54) is 0 Å². The first-order chi connectivity index (χ1) is 27.2. The number of piperidine rings is 2. The van der Waals surface area contributed by atoms with Crippen molar-refractivity contribution < 1.29 is 23.9 Å². The Kier molecular flexibility index (Phi) is 11.5. The van der Waals surface area contributed by atoms with Crippen molar-refractivity contribution >= 4 is 46.6 Å². The number of hydrogen-bond donors (Lipinski definition) is 3. The summed E-state index contributed by atoms with van der Waals surface area (Å²) in [6.45, 7) is 15.1. The molecule has 4 aliphatic rings. The summed E-state index contributed by atoms with van der Waals surface area (Å²) in [5, 5.41) is 17.9. The van der Waals surface area contributed by atoms with Crippen LogP contribution in [0.2, 0.25) is 5.02 Å². The molecule has 57 heavy (non-hydrogen) atoms. The van der Waals surface area contributed by atoms with Crippen LogP contribution in [0.4, 0.5) is 11.4 Å². The van der Waals surface area contributed by atoms with E-state index in [4.69, 9.17) is 16.3 Å². The van der Waals surface area contributed by atoms with E-state index in [0.717, 1.165) is 70.0 Å². The van der Waals surface area contributed by atoms with Gasteiger partial charge in [0.25, 0.3) is 11.8 Å². The van der Waals surface area contributed by atoms with Gasteiger partial charge in [0.15, 0.2) is 0 Å². The molecule has 3 aromatic carbocycles. The van der Waals surface area contributed by atoms with E-state index in [-0.39, 0.29) is 47.1 Å². The standard InChI is InChI=1S/C44H52ClN7O5/c1-43(2)41(44(3,4)42(43)57-34-13-10-31(26-46)35(45)25-34)49-38(54)29-8-11-32(12-9-29)51-18-16-28(17-19-51)27-50-20-22-52(23-21-50)33-7-5-6-30(24-33)39(55)47-36-14-15-37(53)48-40(36)56/h5-13,24-25,28,36,41-42H,14-23,27H2,1-4H3,(H,47,55)(H,49,54)(H,48,53,56). The topological polar surface area (TPSA) is 147 Å². The van der Waals surface area contributed by atoms with E-state index in [2.05, 4.69) is 76.5 Å². The quantitative estimate of drug-likeness (QED) is 0.230. The highest BCUT2D eigenvalue weighted by atomic mass is 35.5. The van der Waals surface area contributed by atoms with E-state index < -0.39 is 11.9 Å². The second kappa shape index (κ2) is 16.4. The molecule has 4 fully saturated rings. The highest BCUT2D eigenvalue weighted by molar-refractivity contribution is 6.31. The maximum Gasteiger partial charge on any atom is 0.252 e. The van der Waals surface area contributed by atoms with Gasteiger partial charge in [-0.2, -0.15) is 5.26 Å². The van der Waals surface area contributed by atoms with Crippen molar-refractivity contribution in [3.05, 3.63) is 88.4 Å². The van der Waals surface area contributed by atoms with Crippen LogP contribution in [0.5, 0.6) is 5.75 Å². The monoisotopic (exact) mass is 793 g/mol. The van der Waals surface area contributed by atoms with E-state index in [1.807, 2.05) is 30.3 Å². The molecule has 12 nitrogen and oxygen atoms in total. The maximum absolute atomic E-state index is 13.5. The van der Waals surface area contributed by atoms with Crippen molar-refractivity contribution in [3.63, 3.8) is 0 Å². The Morgan fingerprint density at radius 3 is 2.14 bits per heavy atom. The number of piperazine rings is 1. The SMILES string of the molecule is CC1(C)C(NC(=O)c2ccc(N3CCC(CN4CCN(c5cccc(C(=O)NC6CCC(=O)NC6=O)c5)CC4)CC3)cc2)C(C)(C)C1Oc1ccc(C#N)c(Cl)c1. The van der Waals surface area contributed by atoms with Gasteiger partial charge in [-0.3, -0.25) is 29.4 Å². The summed E-state index contributed by atoms with van der Waals surface area (Å²) in [5.74, 6) is 0.0413. The van der Waals surface area contributed by atoms with Crippen LogP contribution in [-0.2, 0) is 9.59 Å². The Balaban J connectivity index is 0.845. The number of carbonyl (C=O) groups excluding carboxylic acids is 4. The molecule has 1 aliphatic carbocycles. The van der Waals surface area contributed by atoms with Gasteiger partial charge >= 0.3 is 0 Å². The lowest BCUT2D eigenvalue weighted by atomic mass is 9.49. The summed E-state index contributed by atoms with van der Waals surface area (Å²) >= 11 is 6.25. The van der Waals surface area contributed by atoms with Crippen molar-refractivity contribution in [3.8, 4) is 11.8 Å². The number of nitrogens with zero attached hydrogens (tertiary/aromatic N) is 4. The molecule has 300 valence electrons. The number of nitrogens with one attached hydrogen (secondary N) is 3. The molecule has 3 aromatic rings. The second-order valence-corrected chi connectivity index (χ2v) is 17.5. The predicted molar refractivity (Wildman–Crippen MR) is 220 cm³/mol. The minimum Gasteiger partial charge on any atom is -0.489 e. The minimum atomic E-state index is -0.701. The molecule has 7 rings (SSSR count). The van der Waals surface area contributed by atoms with E-state index in [1.54, 1.807) is 24.3 Å². The summed E-state index contributed by atoms with van der Waals surface area (Å²) < 4.78 is 6.38. The smallest absolute Gasteiger partial charge is 0.252 e. The molecule has 1 saturated carbocycles. The first-order valence-electron chi connectivity index (χ1n) is 20.0. The number of ether oxygens (including phenoxy) is 1. The van der Waals surface area contributed by atoms with Gasteiger partial charge in [-0.15, -0.1) is 0 Å². The van der Waals surface area contributed by atoms with Crippen LogP contribution in [0, 0.1) is 28.1 Å². The third-order valence-corrected chi connectivity index (χ3v) is 12.8. The zero-order chi connectivity index (χ0) is 40.5. The fourth-order valence-electron chi connectivity index (χ4n) is 9.48. The number of nitriles is 1. The van der Waals surface area contributed by atoms with Gasteiger partial charge in [-0.25, -0.2) is 0 Å².